The third kappa shape index (κ3) is 5.00. The van der Waals surface area contributed by atoms with Gasteiger partial charge in [-0.1, -0.05) is 12.1 Å². The molecule has 21 heavy (non-hydrogen) atoms. The van der Waals surface area contributed by atoms with Gasteiger partial charge in [0.15, 0.2) is 0 Å². The molecule has 1 heterocycles. The fraction of sp³-hybridized carbons (Fsp3) is 0.533. The molecule has 0 saturated carbocycles. The number of methoxy groups -OCH3 is 1. The van der Waals surface area contributed by atoms with Gasteiger partial charge in [0.2, 0.25) is 5.91 Å². The van der Waals surface area contributed by atoms with Gasteiger partial charge in [0.05, 0.1) is 26.4 Å². The summed E-state index contributed by atoms with van der Waals surface area (Å²) in [6.07, 6.45) is -0.370. The molecule has 1 aromatic carbocycles. The minimum atomic E-state index is -0.726. The monoisotopic (exact) mass is 294 g/mol. The standard InChI is InChI=1S/C15H22N2O4/c1-20-13-4-2-11(3-5-13)14(18)9-17-15(19)8-12-10-21-7-6-16-12/h2-5,12,14,16,18H,6-10H2,1H3,(H,17,19). The van der Waals surface area contributed by atoms with Crippen molar-refractivity contribution in [2.45, 2.75) is 18.6 Å². The summed E-state index contributed by atoms with van der Waals surface area (Å²) in [5.74, 6) is 0.643. The second-order valence-electron chi connectivity index (χ2n) is 5.02. The van der Waals surface area contributed by atoms with E-state index in [1.54, 1.807) is 31.4 Å². The van der Waals surface area contributed by atoms with Crippen molar-refractivity contribution in [3.63, 3.8) is 0 Å². The van der Waals surface area contributed by atoms with Gasteiger partial charge in [0, 0.05) is 25.6 Å². The van der Waals surface area contributed by atoms with Gasteiger partial charge in [-0.2, -0.15) is 0 Å². The van der Waals surface area contributed by atoms with Gasteiger partial charge in [-0.25, -0.2) is 0 Å². The molecule has 0 radical (unpaired) electrons. The van der Waals surface area contributed by atoms with E-state index < -0.39 is 6.10 Å². The lowest BCUT2D eigenvalue weighted by atomic mass is 10.1. The number of carbonyl (C=O) groups excluding carboxylic acids is 1. The SMILES string of the molecule is COc1ccc(C(O)CNC(=O)CC2COCCN2)cc1. The van der Waals surface area contributed by atoms with Crippen LogP contribution in [0.15, 0.2) is 24.3 Å². The van der Waals surface area contributed by atoms with Gasteiger partial charge in [0.25, 0.3) is 0 Å². The molecular formula is C15H22N2O4. The second kappa shape index (κ2) is 7.97. The molecule has 0 bridgehead atoms. The predicted molar refractivity (Wildman–Crippen MR) is 78.2 cm³/mol. The zero-order valence-electron chi connectivity index (χ0n) is 12.2. The Morgan fingerprint density at radius 3 is 2.90 bits per heavy atom. The van der Waals surface area contributed by atoms with Crippen LogP contribution in [0, 0.1) is 0 Å². The lowest BCUT2D eigenvalue weighted by Gasteiger charge is -2.23. The summed E-state index contributed by atoms with van der Waals surface area (Å²) >= 11 is 0. The Morgan fingerprint density at radius 2 is 2.29 bits per heavy atom. The Balaban J connectivity index is 1.74. The summed E-state index contributed by atoms with van der Waals surface area (Å²) < 4.78 is 10.4. The van der Waals surface area contributed by atoms with E-state index in [-0.39, 0.29) is 18.5 Å². The van der Waals surface area contributed by atoms with Crippen LogP contribution >= 0.6 is 0 Å². The van der Waals surface area contributed by atoms with Crippen molar-refractivity contribution in [2.75, 3.05) is 33.4 Å². The van der Waals surface area contributed by atoms with Crippen molar-refractivity contribution >= 4 is 5.91 Å². The molecule has 1 saturated heterocycles. The molecule has 2 unspecified atom stereocenters. The summed E-state index contributed by atoms with van der Waals surface area (Å²) in [5, 5.41) is 16.0. The molecule has 0 aromatic heterocycles. The van der Waals surface area contributed by atoms with E-state index in [4.69, 9.17) is 9.47 Å². The highest BCUT2D eigenvalue weighted by Crippen LogP contribution is 2.16. The molecule has 3 N–H and O–H groups in total. The molecule has 6 heteroatoms. The normalized spacial score (nSPS) is 19.8. The molecule has 2 atom stereocenters. The van der Waals surface area contributed by atoms with E-state index in [9.17, 15) is 9.90 Å². The van der Waals surface area contributed by atoms with E-state index in [0.717, 1.165) is 17.9 Å². The van der Waals surface area contributed by atoms with Gasteiger partial charge < -0.3 is 25.2 Å². The first kappa shape index (κ1) is 15.8. The third-order valence-corrected chi connectivity index (χ3v) is 3.42. The fourth-order valence-electron chi connectivity index (χ4n) is 2.20. The van der Waals surface area contributed by atoms with E-state index >= 15 is 0 Å². The highest BCUT2D eigenvalue weighted by molar-refractivity contribution is 5.76. The van der Waals surface area contributed by atoms with Crippen LogP contribution in [0.5, 0.6) is 5.75 Å². The zero-order chi connectivity index (χ0) is 15.1. The Bertz CT molecular complexity index is 443. The number of benzene rings is 1. The Kier molecular flexibility index (Phi) is 5.98. The molecule has 1 aliphatic heterocycles. The lowest BCUT2D eigenvalue weighted by molar-refractivity contribution is -0.122. The van der Waals surface area contributed by atoms with E-state index in [1.165, 1.54) is 0 Å². The number of aliphatic hydroxyl groups excluding tert-OH is 1. The van der Waals surface area contributed by atoms with Crippen LogP contribution in [0.2, 0.25) is 0 Å². The molecule has 2 rings (SSSR count). The molecule has 1 aromatic rings. The predicted octanol–water partition coefficient (Wildman–Crippen LogP) is 0.223. The molecular weight excluding hydrogens is 272 g/mol. The molecule has 1 amide bonds. The minimum Gasteiger partial charge on any atom is -0.497 e. The van der Waals surface area contributed by atoms with Crippen LogP contribution < -0.4 is 15.4 Å². The number of ether oxygens (including phenoxy) is 2. The van der Waals surface area contributed by atoms with Crippen LogP contribution in [0.25, 0.3) is 0 Å². The fourth-order valence-corrected chi connectivity index (χ4v) is 2.20. The molecule has 6 nitrogen and oxygen atoms in total. The van der Waals surface area contributed by atoms with Gasteiger partial charge in [0.1, 0.15) is 5.75 Å². The maximum Gasteiger partial charge on any atom is 0.221 e. The van der Waals surface area contributed by atoms with Crippen molar-refractivity contribution in [1.29, 1.82) is 0 Å². The van der Waals surface area contributed by atoms with Gasteiger partial charge in [-0.15, -0.1) is 0 Å². The van der Waals surface area contributed by atoms with Crippen LogP contribution in [0.3, 0.4) is 0 Å². The number of aliphatic hydroxyl groups is 1. The lowest BCUT2D eigenvalue weighted by Crippen LogP contribution is -2.44. The Hall–Kier alpha value is -1.63. The first-order chi connectivity index (χ1) is 10.2. The maximum atomic E-state index is 11.8. The summed E-state index contributed by atoms with van der Waals surface area (Å²) in [7, 11) is 1.59. The van der Waals surface area contributed by atoms with Gasteiger partial charge in [-0.3, -0.25) is 4.79 Å². The first-order valence-corrected chi connectivity index (χ1v) is 7.09. The number of hydrogen-bond acceptors (Lipinski definition) is 5. The highest BCUT2D eigenvalue weighted by Gasteiger charge is 2.17. The van der Waals surface area contributed by atoms with Crippen molar-refractivity contribution in [3.05, 3.63) is 29.8 Å². The van der Waals surface area contributed by atoms with Crippen LogP contribution in [0.1, 0.15) is 18.1 Å². The first-order valence-electron chi connectivity index (χ1n) is 7.09. The van der Waals surface area contributed by atoms with Gasteiger partial charge >= 0.3 is 0 Å². The number of hydrogen-bond donors (Lipinski definition) is 3. The molecule has 116 valence electrons. The van der Waals surface area contributed by atoms with Crippen molar-refractivity contribution < 1.29 is 19.4 Å². The van der Waals surface area contributed by atoms with Crippen LogP contribution in [-0.2, 0) is 9.53 Å². The van der Waals surface area contributed by atoms with E-state index in [2.05, 4.69) is 10.6 Å². The molecule has 1 aliphatic rings. The van der Waals surface area contributed by atoms with Crippen molar-refractivity contribution in [2.24, 2.45) is 0 Å². The van der Waals surface area contributed by atoms with Crippen LogP contribution in [-0.4, -0.2) is 50.5 Å². The molecule has 0 aliphatic carbocycles. The number of carbonyl (C=O) groups is 1. The summed E-state index contributed by atoms with van der Waals surface area (Å²) in [4.78, 5) is 11.8. The maximum absolute atomic E-state index is 11.8. The second-order valence-corrected chi connectivity index (χ2v) is 5.02. The average Bonchev–Trinajstić information content (AvgIpc) is 2.53. The quantitative estimate of drug-likeness (QED) is 0.699. The summed E-state index contributed by atoms with van der Waals surface area (Å²) in [5.41, 5.74) is 0.746. The number of rotatable bonds is 6. The number of morpholine rings is 1. The number of amides is 1. The summed E-state index contributed by atoms with van der Waals surface area (Å²) in [6, 6.07) is 7.18. The number of nitrogens with one attached hydrogen (secondary N) is 2. The van der Waals surface area contributed by atoms with Crippen molar-refractivity contribution in [3.8, 4) is 5.75 Å². The Labute approximate surface area is 124 Å². The smallest absolute Gasteiger partial charge is 0.221 e. The zero-order valence-corrected chi connectivity index (χ0v) is 12.2. The van der Waals surface area contributed by atoms with Crippen molar-refractivity contribution in [1.82, 2.24) is 10.6 Å². The molecule has 1 fully saturated rings. The minimum absolute atomic E-state index is 0.0527. The van der Waals surface area contributed by atoms with Crippen LogP contribution in [0.4, 0.5) is 0 Å². The van der Waals surface area contributed by atoms with Gasteiger partial charge in [-0.05, 0) is 17.7 Å². The largest absolute Gasteiger partial charge is 0.497 e. The molecule has 0 spiro atoms. The topological polar surface area (TPSA) is 79.8 Å². The average molecular weight is 294 g/mol. The third-order valence-electron chi connectivity index (χ3n) is 3.42. The van der Waals surface area contributed by atoms with E-state index in [1.807, 2.05) is 0 Å². The highest BCUT2D eigenvalue weighted by atomic mass is 16.5. The Morgan fingerprint density at radius 1 is 1.52 bits per heavy atom. The summed E-state index contributed by atoms with van der Waals surface area (Å²) in [6.45, 7) is 2.20. The van der Waals surface area contributed by atoms with E-state index in [0.29, 0.717) is 19.6 Å².